The predicted octanol–water partition coefficient (Wildman–Crippen LogP) is 2.69. The lowest BCUT2D eigenvalue weighted by atomic mass is 9.88. The molecular weight excluding hydrogens is 282 g/mol. The number of hydrogen-bond acceptors (Lipinski definition) is 5. The molecule has 0 saturated heterocycles. The van der Waals surface area contributed by atoms with Crippen molar-refractivity contribution in [3.63, 3.8) is 0 Å². The van der Waals surface area contributed by atoms with E-state index in [0.29, 0.717) is 11.3 Å². The summed E-state index contributed by atoms with van der Waals surface area (Å²) in [6.07, 6.45) is 1.59. The summed E-state index contributed by atoms with van der Waals surface area (Å²) in [6, 6.07) is 5.68. The molecule has 1 atom stereocenters. The first-order valence-corrected chi connectivity index (χ1v) is 7.37. The number of rotatable bonds is 4. The molecule has 2 rings (SSSR count). The number of nitrogens with one attached hydrogen (secondary N) is 1. The quantitative estimate of drug-likeness (QED) is 0.866. The number of benzene rings is 1. The van der Waals surface area contributed by atoms with Crippen molar-refractivity contribution in [3.8, 4) is 0 Å². The molecule has 1 N–H and O–H groups in total. The Morgan fingerprint density at radius 2 is 1.86 bits per heavy atom. The van der Waals surface area contributed by atoms with Crippen LogP contribution < -0.4 is 5.32 Å². The van der Waals surface area contributed by atoms with Gasteiger partial charge in [0.15, 0.2) is 5.54 Å². The number of aryl methyl sites for hydroxylation is 1. The van der Waals surface area contributed by atoms with E-state index < -0.39 is 17.5 Å². The Kier molecular flexibility index (Phi) is 4.54. The molecule has 0 aliphatic carbocycles. The standard InChI is InChI=1S/C17H21NO4/c1-5-21-15(19)13-10-17(4,16(20)22-6-2)18-14-8-7-11(3)9-12(13)14/h7-10,18H,5-6H2,1-4H3. The number of anilines is 1. The van der Waals surface area contributed by atoms with Gasteiger partial charge in [-0.15, -0.1) is 0 Å². The molecule has 0 radical (unpaired) electrons. The van der Waals surface area contributed by atoms with Gasteiger partial charge in [0, 0.05) is 11.3 Å². The molecule has 1 aliphatic heterocycles. The highest BCUT2D eigenvalue weighted by Crippen LogP contribution is 2.35. The number of carbonyl (C=O) groups excluding carboxylic acids is 2. The Bertz CT molecular complexity index is 636. The van der Waals surface area contributed by atoms with E-state index in [4.69, 9.17) is 9.47 Å². The second-order valence-corrected chi connectivity index (χ2v) is 5.38. The van der Waals surface area contributed by atoms with Crippen molar-refractivity contribution >= 4 is 23.2 Å². The van der Waals surface area contributed by atoms with Crippen LogP contribution in [0.15, 0.2) is 24.3 Å². The van der Waals surface area contributed by atoms with E-state index >= 15 is 0 Å². The predicted molar refractivity (Wildman–Crippen MR) is 84.4 cm³/mol. The van der Waals surface area contributed by atoms with E-state index in [0.717, 1.165) is 11.1 Å². The third-order valence-electron chi connectivity index (χ3n) is 3.49. The van der Waals surface area contributed by atoms with Gasteiger partial charge in [-0.05, 0) is 45.9 Å². The number of esters is 2. The average molecular weight is 303 g/mol. The minimum Gasteiger partial charge on any atom is -0.464 e. The maximum atomic E-state index is 12.3. The van der Waals surface area contributed by atoms with Crippen molar-refractivity contribution in [1.29, 1.82) is 0 Å². The molecule has 0 saturated carbocycles. The average Bonchev–Trinajstić information content (AvgIpc) is 2.47. The van der Waals surface area contributed by atoms with Crippen molar-refractivity contribution in [2.75, 3.05) is 18.5 Å². The highest BCUT2D eigenvalue weighted by atomic mass is 16.5. The third-order valence-corrected chi connectivity index (χ3v) is 3.49. The number of hydrogen-bond donors (Lipinski definition) is 1. The van der Waals surface area contributed by atoms with Crippen LogP contribution in [0, 0.1) is 6.92 Å². The van der Waals surface area contributed by atoms with E-state index in [1.165, 1.54) is 0 Å². The fourth-order valence-electron chi connectivity index (χ4n) is 2.44. The van der Waals surface area contributed by atoms with E-state index in [9.17, 15) is 9.59 Å². The van der Waals surface area contributed by atoms with Gasteiger partial charge in [0.1, 0.15) is 0 Å². The van der Waals surface area contributed by atoms with E-state index in [1.807, 2.05) is 25.1 Å². The van der Waals surface area contributed by atoms with Crippen LogP contribution >= 0.6 is 0 Å². The van der Waals surface area contributed by atoms with Gasteiger partial charge in [0.2, 0.25) is 0 Å². The molecule has 0 spiro atoms. The van der Waals surface area contributed by atoms with Crippen LogP contribution in [0.3, 0.4) is 0 Å². The van der Waals surface area contributed by atoms with Crippen LogP contribution in [0.2, 0.25) is 0 Å². The molecule has 5 heteroatoms. The number of fused-ring (bicyclic) bond motifs is 1. The van der Waals surface area contributed by atoms with Gasteiger partial charge in [-0.2, -0.15) is 0 Å². The molecule has 1 heterocycles. The maximum absolute atomic E-state index is 12.3. The van der Waals surface area contributed by atoms with Crippen LogP contribution in [-0.4, -0.2) is 30.7 Å². The first-order chi connectivity index (χ1) is 10.4. The summed E-state index contributed by atoms with van der Waals surface area (Å²) in [6.45, 7) is 7.69. The van der Waals surface area contributed by atoms with E-state index in [1.54, 1.807) is 26.8 Å². The normalized spacial score (nSPS) is 19.5. The zero-order valence-electron chi connectivity index (χ0n) is 13.4. The maximum Gasteiger partial charge on any atom is 0.338 e. The summed E-state index contributed by atoms with van der Waals surface area (Å²) in [7, 11) is 0. The molecule has 0 aromatic heterocycles. The molecule has 0 bridgehead atoms. The summed E-state index contributed by atoms with van der Waals surface area (Å²) < 4.78 is 10.2. The Morgan fingerprint density at radius 1 is 1.18 bits per heavy atom. The van der Waals surface area contributed by atoms with Gasteiger partial charge >= 0.3 is 11.9 Å². The lowest BCUT2D eigenvalue weighted by molar-refractivity contribution is -0.146. The summed E-state index contributed by atoms with van der Waals surface area (Å²) in [5, 5.41) is 3.15. The molecule has 0 fully saturated rings. The van der Waals surface area contributed by atoms with Crippen molar-refractivity contribution in [1.82, 2.24) is 0 Å². The van der Waals surface area contributed by atoms with Gasteiger partial charge in [0.25, 0.3) is 0 Å². The molecule has 1 aliphatic rings. The highest BCUT2D eigenvalue weighted by molar-refractivity contribution is 6.20. The van der Waals surface area contributed by atoms with E-state index in [-0.39, 0.29) is 13.2 Å². The smallest absolute Gasteiger partial charge is 0.338 e. The first kappa shape index (κ1) is 16.1. The molecular formula is C17H21NO4. The fraction of sp³-hybridized carbons (Fsp3) is 0.412. The van der Waals surface area contributed by atoms with Crippen molar-refractivity contribution in [2.24, 2.45) is 0 Å². The zero-order valence-corrected chi connectivity index (χ0v) is 13.4. The number of carbonyl (C=O) groups is 2. The molecule has 1 aromatic rings. The van der Waals surface area contributed by atoms with Gasteiger partial charge in [0.05, 0.1) is 18.8 Å². The Balaban J connectivity index is 2.52. The summed E-state index contributed by atoms with van der Waals surface area (Å²) in [5.74, 6) is -0.866. The van der Waals surface area contributed by atoms with Gasteiger partial charge in [-0.1, -0.05) is 11.6 Å². The topological polar surface area (TPSA) is 64.6 Å². The Labute approximate surface area is 130 Å². The molecule has 22 heavy (non-hydrogen) atoms. The van der Waals surface area contributed by atoms with Crippen molar-refractivity contribution < 1.29 is 19.1 Å². The molecule has 118 valence electrons. The first-order valence-electron chi connectivity index (χ1n) is 7.37. The van der Waals surface area contributed by atoms with Gasteiger partial charge in [-0.25, -0.2) is 9.59 Å². The summed E-state index contributed by atoms with van der Waals surface area (Å²) in [5.41, 5.74) is 1.76. The largest absolute Gasteiger partial charge is 0.464 e. The molecule has 1 unspecified atom stereocenters. The minimum absolute atomic E-state index is 0.277. The van der Waals surface area contributed by atoms with Crippen LogP contribution in [0.1, 0.15) is 31.9 Å². The zero-order chi connectivity index (χ0) is 16.3. The van der Waals surface area contributed by atoms with Crippen molar-refractivity contribution in [2.45, 2.75) is 33.2 Å². The molecule has 1 aromatic carbocycles. The summed E-state index contributed by atoms with van der Waals surface area (Å²) >= 11 is 0. The van der Waals surface area contributed by atoms with Gasteiger partial charge < -0.3 is 14.8 Å². The number of ether oxygens (including phenoxy) is 2. The van der Waals surface area contributed by atoms with Crippen LogP contribution in [0.4, 0.5) is 5.69 Å². The Morgan fingerprint density at radius 3 is 2.50 bits per heavy atom. The van der Waals surface area contributed by atoms with Crippen LogP contribution in [0.5, 0.6) is 0 Å². The monoisotopic (exact) mass is 303 g/mol. The van der Waals surface area contributed by atoms with Crippen LogP contribution in [-0.2, 0) is 19.1 Å². The molecule has 5 nitrogen and oxygen atoms in total. The lowest BCUT2D eigenvalue weighted by Crippen LogP contribution is -2.45. The fourth-order valence-corrected chi connectivity index (χ4v) is 2.44. The second kappa shape index (κ2) is 6.22. The Hall–Kier alpha value is -2.30. The molecule has 0 amide bonds. The lowest BCUT2D eigenvalue weighted by Gasteiger charge is -2.32. The van der Waals surface area contributed by atoms with Crippen molar-refractivity contribution in [3.05, 3.63) is 35.4 Å². The van der Waals surface area contributed by atoms with Gasteiger partial charge in [-0.3, -0.25) is 0 Å². The SMILES string of the molecule is CCOC(=O)C1=CC(C)(C(=O)OCC)Nc2ccc(C)cc21. The highest BCUT2D eigenvalue weighted by Gasteiger charge is 2.39. The third kappa shape index (κ3) is 2.98. The summed E-state index contributed by atoms with van der Waals surface area (Å²) in [4.78, 5) is 24.5. The van der Waals surface area contributed by atoms with Crippen LogP contribution in [0.25, 0.3) is 5.57 Å². The minimum atomic E-state index is -1.10. The van der Waals surface area contributed by atoms with E-state index in [2.05, 4.69) is 5.32 Å². The second-order valence-electron chi connectivity index (χ2n) is 5.38.